The predicted octanol–water partition coefficient (Wildman–Crippen LogP) is 3.17. The van der Waals surface area contributed by atoms with Crippen LogP contribution in [0, 0.1) is 5.82 Å². The highest BCUT2D eigenvalue weighted by Gasteiger charge is 2.27. The quantitative estimate of drug-likeness (QED) is 0.451. The number of likely N-dealkylation sites (N-methyl/N-ethyl adjacent to an activating group) is 1. The Morgan fingerprint density at radius 1 is 1.10 bits per heavy atom. The van der Waals surface area contributed by atoms with Gasteiger partial charge in [0.2, 0.25) is 5.91 Å². The highest BCUT2D eigenvalue weighted by molar-refractivity contribution is 8.00. The Morgan fingerprint density at radius 3 is 2.48 bits per heavy atom. The molecule has 0 N–H and O–H groups in total. The van der Waals surface area contributed by atoms with E-state index in [0.717, 1.165) is 19.6 Å². The normalized spacial score (nSPS) is 15.9. The van der Waals surface area contributed by atoms with Crippen LogP contribution < -0.4 is 5.56 Å². The van der Waals surface area contributed by atoms with Gasteiger partial charge in [-0.2, -0.15) is 0 Å². The van der Waals surface area contributed by atoms with E-state index >= 15 is 0 Å². The Labute approximate surface area is 184 Å². The van der Waals surface area contributed by atoms with Crippen molar-refractivity contribution in [2.24, 2.45) is 0 Å². The number of rotatable bonds is 5. The van der Waals surface area contributed by atoms with Crippen LogP contribution in [-0.2, 0) is 4.79 Å². The van der Waals surface area contributed by atoms with E-state index < -0.39 is 11.1 Å². The van der Waals surface area contributed by atoms with Crippen molar-refractivity contribution < 1.29 is 9.18 Å². The van der Waals surface area contributed by atoms with Gasteiger partial charge in [0.25, 0.3) is 5.56 Å². The first-order valence-corrected chi connectivity index (χ1v) is 11.3. The van der Waals surface area contributed by atoms with Gasteiger partial charge in [0, 0.05) is 26.2 Å². The standard InChI is InChI=1S/C23H25FN4O2S/c1-3-26-12-14-27(15-13-26)21(29)16(2)31-23-25-19-10-6-4-8-17(19)22(30)28(23)20-11-7-5-9-18(20)24/h4-11,16H,3,12-15H2,1-2H3. The summed E-state index contributed by atoms with van der Waals surface area (Å²) in [7, 11) is 0. The molecule has 1 fully saturated rings. The van der Waals surface area contributed by atoms with Crippen LogP contribution in [-0.4, -0.2) is 63.2 Å². The molecule has 1 saturated heterocycles. The largest absolute Gasteiger partial charge is 0.339 e. The molecule has 3 aromatic rings. The number of carbonyl (C=O) groups excluding carboxylic acids is 1. The zero-order valence-electron chi connectivity index (χ0n) is 17.6. The number of hydrogen-bond acceptors (Lipinski definition) is 5. The van der Waals surface area contributed by atoms with Crippen LogP contribution in [0.15, 0.2) is 58.5 Å². The second-order valence-electron chi connectivity index (χ2n) is 7.52. The first kappa shape index (κ1) is 21.5. The van der Waals surface area contributed by atoms with Crippen molar-refractivity contribution in [1.82, 2.24) is 19.4 Å². The average Bonchev–Trinajstić information content (AvgIpc) is 2.80. The van der Waals surface area contributed by atoms with E-state index in [-0.39, 0.29) is 17.2 Å². The fourth-order valence-electron chi connectivity index (χ4n) is 3.79. The second-order valence-corrected chi connectivity index (χ2v) is 8.83. The molecule has 1 unspecified atom stereocenters. The van der Waals surface area contributed by atoms with E-state index in [1.54, 1.807) is 42.5 Å². The number of fused-ring (bicyclic) bond motifs is 1. The van der Waals surface area contributed by atoms with E-state index in [4.69, 9.17) is 0 Å². The van der Waals surface area contributed by atoms with Crippen LogP contribution in [0.2, 0.25) is 0 Å². The van der Waals surface area contributed by atoms with Crippen molar-refractivity contribution in [2.45, 2.75) is 24.3 Å². The molecule has 1 aliphatic heterocycles. The lowest BCUT2D eigenvalue weighted by Gasteiger charge is -2.35. The Kier molecular flexibility index (Phi) is 6.38. The van der Waals surface area contributed by atoms with Gasteiger partial charge in [-0.05, 0) is 37.7 Å². The molecule has 1 aromatic heterocycles. The Hall–Kier alpha value is -2.71. The van der Waals surface area contributed by atoms with Gasteiger partial charge >= 0.3 is 0 Å². The maximum atomic E-state index is 14.6. The molecule has 2 heterocycles. The molecule has 0 bridgehead atoms. The maximum absolute atomic E-state index is 14.6. The molecule has 1 atom stereocenters. The first-order chi connectivity index (χ1) is 15.0. The van der Waals surface area contributed by atoms with Crippen molar-refractivity contribution in [1.29, 1.82) is 0 Å². The third kappa shape index (κ3) is 4.36. The minimum Gasteiger partial charge on any atom is -0.339 e. The number of piperazine rings is 1. The number of para-hydroxylation sites is 2. The van der Waals surface area contributed by atoms with Crippen molar-refractivity contribution >= 4 is 28.6 Å². The molecule has 2 aromatic carbocycles. The van der Waals surface area contributed by atoms with E-state index in [9.17, 15) is 14.0 Å². The lowest BCUT2D eigenvalue weighted by Crippen LogP contribution is -2.50. The molecule has 0 saturated carbocycles. The molecule has 4 rings (SSSR count). The predicted molar refractivity (Wildman–Crippen MR) is 121 cm³/mol. The highest BCUT2D eigenvalue weighted by atomic mass is 32.2. The molecule has 31 heavy (non-hydrogen) atoms. The average molecular weight is 441 g/mol. The molecule has 1 aliphatic rings. The maximum Gasteiger partial charge on any atom is 0.266 e. The minimum atomic E-state index is -0.516. The first-order valence-electron chi connectivity index (χ1n) is 10.4. The molecule has 0 aliphatic carbocycles. The monoisotopic (exact) mass is 440 g/mol. The number of nitrogens with zero attached hydrogens (tertiary/aromatic N) is 4. The number of halogens is 1. The second kappa shape index (κ2) is 9.20. The zero-order valence-corrected chi connectivity index (χ0v) is 18.4. The summed E-state index contributed by atoms with van der Waals surface area (Å²) in [6.07, 6.45) is 0. The summed E-state index contributed by atoms with van der Waals surface area (Å²) in [5, 5.41) is 0.255. The van der Waals surface area contributed by atoms with Gasteiger partial charge < -0.3 is 9.80 Å². The molecule has 8 heteroatoms. The van der Waals surface area contributed by atoms with Gasteiger partial charge in [0.15, 0.2) is 5.16 Å². The molecule has 1 amide bonds. The van der Waals surface area contributed by atoms with Gasteiger partial charge in [-0.15, -0.1) is 0 Å². The summed E-state index contributed by atoms with van der Waals surface area (Å²) in [4.78, 5) is 35.1. The van der Waals surface area contributed by atoms with Crippen molar-refractivity contribution in [3.05, 3.63) is 64.7 Å². The van der Waals surface area contributed by atoms with Gasteiger partial charge in [-0.3, -0.25) is 14.2 Å². The molecule has 162 valence electrons. The summed E-state index contributed by atoms with van der Waals surface area (Å²) in [6, 6.07) is 13.1. The zero-order chi connectivity index (χ0) is 22.0. The molecule has 0 spiro atoms. The fraction of sp³-hybridized carbons (Fsp3) is 0.348. The van der Waals surface area contributed by atoms with Gasteiger partial charge in [0.05, 0.1) is 21.8 Å². The summed E-state index contributed by atoms with van der Waals surface area (Å²) in [5.74, 6) is -0.513. The molecule has 0 radical (unpaired) electrons. The summed E-state index contributed by atoms with van der Waals surface area (Å²) in [5.41, 5.74) is 0.303. The highest BCUT2D eigenvalue weighted by Crippen LogP contribution is 2.27. The number of aromatic nitrogens is 2. The third-order valence-electron chi connectivity index (χ3n) is 5.60. The van der Waals surface area contributed by atoms with Gasteiger partial charge in [-0.1, -0.05) is 43.0 Å². The van der Waals surface area contributed by atoms with Crippen LogP contribution in [0.5, 0.6) is 0 Å². The Bertz CT molecular complexity index is 1160. The van der Waals surface area contributed by atoms with Crippen LogP contribution in [0.3, 0.4) is 0 Å². The Balaban J connectivity index is 1.70. The molecular weight excluding hydrogens is 415 g/mol. The van der Waals surface area contributed by atoms with Crippen LogP contribution in [0.4, 0.5) is 4.39 Å². The lowest BCUT2D eigenvalue weighted by atomic mass is 10.2. The lowest BCUT2D eigenvalue weighted by molar-refractivity contribution is -0.132. The number of carbonyl (C=O) groups is 1. The van der Waals surface area contributed by atoms with Crippen molar-refractivity contribution in [3.8, 4) is 5.69 Å². The molecular formula is C23H25FN4O2S. The van der Waals surface area contributed by atoms with E-state index in [0.29, 0.717) is 29.1 Å². The van der Waals surface area contributed by atoms with Gasteiger partial charge in [0.1, 0.15) is 5.82 Å². The SMILES string of the molecule is CCN1CCN(C(=O)C(C)Sc2nc3ccccc3c(=O)n2-c2ccccc2F)CC1. The van der Waals surface area contributed by atoms with Crippen LogP contribution in [0.1, 0.15) is 13.8 Å². The van der Waals surface area contributed by atoms with E-state index in [1.807, 2.05) is 11.8 Å². The number of hydrogen-bond donors (Lipinski definition) is 0. The van der Waals surface area contributed by atoms with Crippen LogP contribution in [0.25, 0.3) is 16.6 Å². The number of amides is 1. The van der Waals surface area contributed by atoms with Gasteiger partial charge in [-0.25, -0.2) is 9.37 Å². The summed E-state index contributed by atoms with van der Waals surface area (Å²) < 4.78 is 15.9. The third-order valence-corrected chi connectivity index (χ3v) is 6.64. The topological polar surface area (TPSA) is 58.4 Å². The summed E-state index contributed by atoms with van der Waals surface area (Å²) in [6.45, 7) is 7.98. The Morgan fingerprint density at radius 2 is 1.77 bits per heavy atom. The number of benzene rings is 2. The molecule has 6 nitrogen and oxygen atoms in total. The van der Waals surface area contributed by atoms with Crippen molar-refractivity contribution in [2.75, 3.05) is 32.7 Å². The summed E-state index contributed by atoms with van der Waals surface area (Å²) >= 11 is 1.19. The minimum absolute atomic E-state index is 0.00300. The fourth-order valence-corrected chi connectivity index (χ4v) is 4.79. The number of thioether (sulfide) groups is 1. The smallest absolute Gasteiger partial charge is 0.266 e. The van der Waals surface area contributed by atoms with Crippen LogP contribution >= 0.6 is 11.8 Å². The van der Waals surface area contributed by atoms with E-state index in [1.165, 1.54) is 22.4 Å². The van der Waals surface area contributed by atoms with E-state index in [2.05, 4.69) is 16.8 Å². The van der Waals surface area contributed by atoms with Crippen molar-refractivity contribution in [3.63, 3.8) is 0 Å².